The predicted molar refractivity (Wildman–Crippen MR) is 76.0 cm³/mol. The van der Waals surface area contributed by atoms with Crippen molar-refractivity contribution in [3.05, 3.63) is 33.9 Å². The van der Waals surface area contributed by atoms with Gasteiger partial charge in [-0.2, -0.15) is 0 Å². The number of rotatable bonds is 5. The summed E-state index contributed by atoms with van der Waals surface area (Å²) in [5.74, 6) is 0.198. The molecule has 7 nitrogen and oxygen atoms in total. The van der Waals surface area contributed by atoms with E-state index in [-0.39, 0.29) is 11.6 Å². The Labute approximate surface area is 116 Å². The number of carbonyl (C=O) groups excluding carboxylic acids is 1. The molecule has 0 spiro atoms. The topological polar surface area (TPSA) is 96.3 Å². The zero-order valence-corrected chi connectivity index (χ0v) is 11.3. The van der Waals surface area contributed by atoms with Crippen molar-refractivity contribution in [1.82, 2.24) is 10.6 Å². The van der Waals surface area contributed by atoms with E-state index in [0.717, 1.165) is 19.5 Å². The number of hydrogen-bond donors (Lipinski definition) is 3. The smallest absolute Gasteiger partial charge is 0.292 e. The SMILES string of the molecule is CNC(=O)c1ccc([N+](=O)[O-])c(NCC2CCNC2)c1. The molecule has 0 aliphatic carbocycles. The molecule has 1 fully saturated rings. The third-order valence-corrected chi connectivity index (χ3v) is 3.43. The van der Waals surface area contributed by atoms with Crippen LogP contribution in [0.4, 0.5) is 11.4 Å². The molecule has 1 aliphatic rings. The fraction of sp³-hybridized carbons (Fsp3) is 0.462. The average molecular weight is 278 g/mol. The molecule has 0 aromatic heterocycles. The van der Waals surface area contributed by atoms with Gasteiger partial charge < -0.3 is 16.0 Å². The summed E-state index contributed by atoms with van der Waals surface area (Å²) in [6.45, 7) is 2.55. The zero-order valence-electron chi connectivity index (χ0n) is 11.3. The number of benzene rings is 1. The summed E-state index contributed by atoms with van der Waals surface area (Å²) in [5, 5.41) is 19.9. The van der Waals surface area contributed by atoms with E-state index in [4.69, 9.17) is 0 Å². The normalized spacial score (nSPS) is 17.8. The number of nitro benzene ring substituents is 1. The summed E-state index contributed by atoms with van der Waals surface area (Å²) < 4.78 is 0. The first kappa shape index (κ1) is 14.3. The van der Waals surface area contributed by atoms with Gasteiger partial charge in [-0.25, -0.2) is 0 Å². The van der Waals surface area contributed by atoms with Crippen LogP contribution < -0.4 is 16.0 Å². The lowest BCUT2D eigenvalue weighted by molar-refractivity contribution is -0.384. The van der Waals surface area contributed by atoms with Crippen LogP contribution in [0, 0.1) is 16.0 Å². The van der Waals surface area contributed by atoms with Crippen molar-refractivity contribution in [2.45, 2.75) is 6.42 Å². The van der Waals surface area contributed by atoms with E-state index in [1.807, 2.05) is 0 Å². The third-order valence-electron chi connectivity index (χ3n) is 3.43. The minimum Gasteiger partial charge on any atom is -0.379 e. The van der Waals surface area contributed by atoms with Gasteiger partial charge in [0.05, 0.1) is 4.92 Å². The van der Waals surface area contributed by atoms with E-state index >= 15 is 0 Å². The molecule has 1 aliphatic heterocycles. The van der Waals surface area contributed by atoms with Crippen molar-refractivity contribution in [2.75, 3.05) is 32.0 Å². The lowest BCUT2D eigenvalue weighted by Crippen LogP contribution is -2.20. The highest BCUT2D eigenvalue weighted by Crippen LogP contribution is 2.26. The Morgan fingerprint density at radius 1 is 1.55 bits per heavy atom. The highest BCUT2D eigenvalue weighted by Gasteiger charge is 2.19. The standard InChI is InChI=1S/C13H18N4O3/c1-14-13(18)10-2-3-12(17(19)20)11(6-10)16-8-9-4-5-15-7-9/h2-3,6,9,15-16H,4-5,7-8H2,1H3,(H,14,18). The quantitative estimate of drug-likeness (QED) is 0.551. The van der Waals surface area contributed by atoms with Gasteiger partial charge in [-0.3, -0.25) is 14.9 Å². The zero-order chi connectivity index (χ0) is 14.5. The molecule has 1 aromatic carbocycles. The number of nitrogens with one attached hydrogen (secondary N) is 3. The van der Waals surface area contributed by atoms with E-state index in [1.54, 1.807) is 0 Å². The van der Waals surface area contributed by atoms with E-state index in [1.165, 1.54) is 25.2 Å². The highest BCUT2D eigenvalue weighted by atomic mass is 16.6. The molecule has 2 rings (SSSR count). The Kier molecular flexibility index (Phi) is 4.52. The van der Waals surface area contributed by atoms with Gasteiger partial charge in [-0.05, 0) is 37.6 Å². The van der Waals surface area contributed by atoms with Crippen LogP contribution >= 0.6 is 0 Å². The fourth-order valence-electron chi connectivity index (χ4n) is 2.27. The molecular formula is C13H18N4O3. The maximum absolute atomic E-state index is 11.6. The lowest BCUT2D eigenvalue weighted by Gasteiger charge is -2.12. The first-order chi connectivity index (χ1) is 9.61. The number of nitrogens with zero attached hydrogens (tertiary/aromatic N) is 1. The van der Waals surface area contributed by atoms with Gasteiger partial charge >= 0.3 is 0 Å². The molecule has 1 atom stereocenters. The van der Waals surface area contributed by atoms with Gasteiger partial charge in [-0.1, -0.05) is 0 Å². The van der Waals surface area contributed by atoms with Crippen LogP contribution in [-0.4, -0.2) is 37.5 Å². The number of hydrogen-bond acceptors (Lipinski definition) is 5. The largest absolute Gasteiger partial charge is 0.379 e. The summed E-state index contributed by atoms with van der Waals surface area (Å²) in [4.78, 5) is 22.2. The summed E-state index contributed by atoms with van der Waals surface area (Å²) in [6, 6.07) is 4.35. The Balaban J connectivity index is 2.17. The van der Waals surface area contributed by atoms with Crippen molar-refractivity contribution in [1.29, 1.82) is 0 Å². The highest BCUT2D eigenvalue weighted by molar-refractivity contribution is 5.95. The minimum absolute atomic E-state index is 0.0105. The van der Waals surface area contributed by atoms with Crippen LogP contribution in [-0.2, 0) is 0 Å². The molecule has 108 valence electrons. The molecule has 0 bridgehead atoms. The van der Waals surface area contributed by atoms with Gasteiger partial charge in [0.25, 0.3) is 11.6 Å². The summed E-state index contributed by atoms with van der Waals surface area (Å²) in [7, 11) is 1.53. The van der Waals surface area contributed by atoms with E-state index in [9.17, 15) is 14.9 Å². The predicted octanol–water partition coefficient (Wildman–Crippen LogP) is 0.976. The van der Waals surface area contributed by atoms with Gasteiger partial charge in [0.15, 0.2) is 0 Å². The summed E-state index contributed by atoms with van der Waals surface area (Å²) in [6.07, 6.45) is 1.05. The Morgan fingerprint density at radius 3 is 2.95 bits per heavy atom. The van der Waals surface area contributed by atoms with E-state index in [0.29, 0.717) is 23.7 Å². The van der Waals surface area contributed by atoms with Crippen LogP contribution in [0.5, 0.6) is 0 Å². The third kappa shape index (κ3) is 3.24. The molecule has 0 radical (unpaired) electrons. The second-order valence-electron chi connectivity index (χ2n) is 4.81. The number of nitro groups is 1. The first-order valence-electron chi connectivity index (χ1n) is 6.57. The number of amides is 1. The molecule has 1 aromatic rings. The first-order valence-corrected chi connectivity index (χ1v) is 6.57. The van der Waals surface area contributed by atoms with Crippen molar-refractivity contribution in [2.24, 2.45) is 5.92 Å². The van der Waals surface area contributed by atoms with E-state index < -0.39 is 4.92 Å². The molecular weight excluding hydrogens is 260 g/mol. The van der Waals surface area contributed by atoms with Crippen LogP contribution in [0.2, 0.25) is 0 Å². The van der Waals surface area contributed by atoms with Gasteiger partial charge in [0.2, 0.25) is 0 Å². The number of carbonyl (C=O) groups is 1. The molecule has 1 heterocycles. The molecule has 0 saturated carbocycles. The summed E-state index contributed by atoms with van der Waals surface area (Å²) in [5.41, 5.74) is 0.789. The van der Waals surface area contributed by atoms with Crippen molar-refractivity contribution in [3.63, 3.8) is 0 Å². The average Bonchev–Trinajstić information content (AvgIpc) is 2.97. The Morgan fingerprint density at radius 2 is 2.35 bits per heavy atom. The Bertz CT molecular complexity index is 512. The van der Waals surface area contributed by atoms with Crippen molar-refractivity contribution < 1.29 is 9.72 Å². The monoisotopic (exact) mass is 278 g/mol. The molecule has 20 heavy (non-hydrogen) atoms. The lowest BCUT2D eigenvalue weighted by atomic mass is 10.1. The van der Waals surface area contributed by atoms with Crippen LogP contribution in [0.25, 0.3) is 0 Å². The molecule has 7 heteroatoms. The van der Waals surface area contributed by atoms with Crippen molar-refractivity contribution in [3.8, 4) is 0 Å². The van der Waals surface area contributed by atoms with Crippen LogP contribution in [0.3, 0.4) is 0 Å². The summed E-state index contributed by atoms with van der Waals surface area (Å²) >= 11 is 0. The Hall–Kier alpha value is -2.15. The molecule has 1 saturated heterocycles. The minimum atomic E-state index is -0.442. The van der Waals surface area contributed by atoms with Crippen LogP contribution in [0.15, 0.2) is 18.2 Å². The van der Waals surface area contributed by atoms with Gasteiger partial charge in [0.1, 0.15) is 5.69 Å². The van der Waals surface area contributed by atoms with Crippen molar-refractivity contribution >= 4 is 17.3 Å². The maximum Gasteiger partial charge on any atom is 0.292 e. The van der Waals surface area contributed by atoms with Gasteiger partial charge in [-0.15, -0.1) is 0 Å². The second-order valence-corrected chi connectivity index (χ2v) is 4.81. The fourth-order valence-corrected chi connectivity index (χ4v) is 2.27. The second kappa shape index (κ2) is 6.33. The maximum atomic E-state index is 11.6. The molecule has 1 unspecified atom stereocenters. The number of anilines is 1. The molecule has 1 amide bonds. The molecule has 3 N–H and O–H groups in total. The van der Waals surface area contributed by atoms with Gasteiger partial charge in [0, 0.05) is 25.2 Å². The van der Waals surface area contributed by atoms with E-state index in [2.05, 4.69) is 16.0 Å². The van der Waals surface area contributed by atoms with Crippen LogP contribution in [0.1, 0.15) is 16.8 Å².